The number of carbonyl (C=O) groups is 1. The van der Waals surface area contributed by atoms with Crippen molar-refractivity contribution in [2.75, 3.05) is 11.4 Å². The van der Waals surface area contributed by atoms with E-state index in [1.54, 1.807) is 0 Å². The molecule has 0 aliphatic carbocycles. The SMILES string of the molecule is O=C(O)c1ccc(F)c(N2CCc3ccccc3C2)c1. The molecule has 0 atom stereocenters. The Balaban J connectivity index is 1.95. The third-order valence-corrected chi connectivity index (χ3v) is 3.66. The number of rotatable bonds is 2. The summed E-state index contributed by atoms with van der Waals surface area (Å²) in [7, 11) is 0. The number of aromatic carboxylic acids is 1. The van der Waals surface area contributed by atoms with Crippen molar-refractivity contribution in [1.29, 1.82) is 0 Å². The van der Waals surface area contributed by atoms with Crippen molar-refractivity contribution in [3.05, 3.63) is 65.0 Å². The van der Waals surface area contributed by atoms with Crippen LogP contribution in [0.4, 0.5) is 10.1 Å². The molecule has 0 saturated heterocycles. The van der Waals surface area contributed by atoms with E-state index in [4.69, 9.17) is 5.11 Å². The highest BCUT2D eigenvalue weighted by molar-refractivity contribution is 5.88. The van der Waals surface area contributed by atoms with Gasteiger partial charge in [-0.3, -0.25) is 0 Å². The predicted octanol–water partition coefficient (Wildman–Crippen LogP) is 3.09. The zero-order valence-electron chi connectivity index (χ0n) is 10.8. The molecule has 4 heteroatoms. The Morgan fingerprint density at radius 3 is 2.65 bits per heavy atom. The molecule has 2 aromatic carbocycles. The maximum absolute atomic E-state index is 14.0. The minimum absolute atomic E-state index is 0.111. The highest BCUT2D eigenvalue weighted by Gasteiger charge is 2.19. The zero-order valence-corrected chi connectivity index (χ0v) is 10.8. The second-order valence-electron chi connectivity index (χ2n) is 4.91. The maximum atomic E-state index is 14.0. The van der Waals surface area contributed by atoms with Gasteiger partial charge in [-0.25, -0.2) is 9.18 Å². The van der Waals surface area contributed by atoms with Gasteiger partial charge in [-0.15, -0.1) is 0 Å². The summed E-state index contributed by atoms with van der Waals surface area (Å²) >= 11 is 0. The van der Waals surface area contributed by atoms with Crippen LogP contribution < -0.4 is 4.90 Å². The topological polar surface area (TPSA) is 40.5 Å². The molecule has 1 aliphatic rings. The van der Waals surface area contributed by atoms with E-state index in [1.807, 2.05) is 23.1 Å². The largest absolute Gasteiger partial charge is 0.478 e. The molecule has 102 valence electrons. The van der Waals surface area contributed by atoms with Crippen LogP contribution in [-0.2, 0) is 13.0 Å². The van der Waals surface area contributed by atoms with Crippen molar-refractivity contribution < 1.29 is 14.3 Å². The number of benzene rings is 2. The monoisotopic (exact) mass is 271 g/mol. The molecule has 20 heavy (non-hydrogen) atoms. The molecular weight excluding hydrogens is 257 g/mol. The van der Waals surface area contributed by atoms with Crippen LogP contribution >= 0.6 is 0 Å². The molecule has 3 nitrogen and oxygen atoms in total. The normalized spacial score (nSPS) is 13.9. The van der Waals surface area contributed by atoms with E-state index in [9.17, 15) is 9.18 Å². The molecule has 1 heterocycles. The Morgan fingerprint density at radius 2 is 1.90 bits per heavy atom. The first kappa shape index (κ1) is 12.7. The molecule has 1 N–H and O–H groups in total. The quantitative estimate of drug-likeness (QED) is 0.912. The van der Waals surface area contributed by atoms with Crippen LogP contribution in [0.15, 0.2) is 42.5 Å². The van der Waals surface area contributed by atoms with Gasteiger partial charge in [0.05, 0.1) is 11.3 Å². The van der Waals surface area contributed by atoms with Crippen molar-refractivity contribution in [2.45, 2.75) is 13.0 Å². The lowest BCUT2D eigenvalue weighted by molar-refractivity contribution is 0.0697. The van der Waals surface area contributed by atoms with Gasteiger partial charge in [0.1, 0.15) is 5.82 Å². The molecule has 3 rings (SSSR count). The Kier molecular flexibility index (Phi) is 3.14. The Labute approximate surface area is 116 Å². The molecule has 0 unspecified atom stereocenters. The zero-order chi connectivity index (χ0) is 14.1. The lowest BCUT2D eigenvalue weighted by Gasteiger charge is -2.31. The lowest BCUT2D eigenvalue weighted by Crippen LogP contribution is -2.31. The van der Waals surface area contributed by atoms with Crippen LogP contribution in [0.2, 0.25) is 0 Å². The fourth-order valence-corrected chi connectivity index (χ4v) is 2.59. The fourth-order valence-electron chi connectivity index (χ4n) is 2.59. The molecule has 0 amide bonds. The number of nitrogens with zero attached hydrogens (tertiary/aromatic N) is 1. The minimum Gasteiger partial charge on any atom is -0.478 e. The van der Waals surface area contributed by atoms with E-state index in [-0.39, 0.29) is 11.4 Å². The van der Waals surface area contributed by atoms with Gasteiger partial charge in [-0.2, -0.15) is 0 Å². The van der Waals surface area contributed by atoms with Gasteiger partial charge >= 0.3 is 5.97 Å². The summed E-state index contributed by atoms with van der Waals surface area (Å²) in [6.07, 6.45) is 0.840. The first-order chi connectivity index (χ1) is 9.65. The van der Waals surface area contributed by atoms with Crippen LogP contribution in [0.25, 0.3) is 0 Å². The van der Waals surface area contributed by atoms with Gasteiger partial charge in [-0.1, -0.05) is 24.3 Å². The summed E-state index contributed by atoms with van der Waals surface area (Å²) in [6, 6.07) is 12.0. The lowest BCUT2D eigenvalue weighted by atomic mass is 9.99. The summed E-state index contributed by atoms with van der Waals surface area (Å²) in [5, 5.41) is 9.02. The summed E-state index contributed by atoms with van der Waals surface area (Å²) < 4.78 is 14.0. The van der Waals surface area contributed by atoms with Crippen molar-refractivity contribution in [3.63, 3.8) is 0 Å². The highest BCUT2D eigenvalue weighted by Crippen LogP contribution is 2.27. The predicted molar refractivity (Wildman–Crippen MR) is 74.6 cm³/mol. The molecule has 0 spiro atoms. The Morgan fingerprint density at radius 1 is 1.15 bits per heavy atom. The van der Waals surface area contributed by atoms with E-state index < -0.39 is 5.97 Å². The molecule has 0 bridgehead atoms. The summed E-state index contributed by atoms with van der Waals surface area (Å²) in [4.78, 5) is 12.9. The molecule has 0 saturated carbocycles. The van der Waals surface area contributed by atoms with E-state index in [0.717, 1.165) is 6.42 Å². The van der Waals surface area contributed by atoms with Gasteiger partial charge in [-0.05, 0) is 35.7 Å². The molecule has 2 aromatic rings. The summed E-state index contributed by atoms with van der Waals surface area (Å²) in [5.41, 5.74) is 2.91. The highest BCUT2D eigenvalue weighted by atomic mass is 19.1. The number of fused-ring (bicyclic) bond motifs is 1. The van der Waals surface area contributed by atoms with Gasteiger partial charge in [0.25, 0.3) is 0 Å². The second-order valence-corrected chi connectivity index (χ2v) is 4.91. The van der Waals surface area contributed by atoms with Crippen molar-refractivity contribution in [1.82, 2.24) is 0 Å². The standard InChI is InChI=1S/C16H14FNO2/c17-14-6-5-12(16(19)20)9-15(14)18-8-7-11-3-1-2-4-13(11)10-18/h1-6,9H,7-8,10H2,(H,19,20). The van der Waals surface area contributed by atoms with E-state index in [2.05, 4.69) is 6.07 Å². The number of anilines is 1. The van der Waals surface area contributed by atoms with Crippen LogP contribution in [0.5, 0.6) is 0 Å². The number of hydrogen-bond donors (Lipinski definition) is 1. The summed E-state index contributed by atoms with van der Waals surface area (Å²) in [6.45, 7) is 1.30. The Hall–Kier alpha value is -2.36. The number of carboxylic acid groups (broad SMARTS) is 1. The van der Waals surface area contributed by atoms with E-state index in [1.165, 1.54) is 29.3 Å². The molecule has 0 aromatic heterocycles. The third kappa shape index (κ3) is 2.25. The van der Waals surface area contributed by atoms with Crippen LogP contribution in [0, 0.1) is 5.82 Å². The van der Waals surface area contributed by atoms with Crippen LogP contribution in [-0.4, -0.2) is 17.6 Å². The van der Waals surface area contributed by atoms with Crippen molar-refractivity contribution in [2.24, 2.45) is 0 Å². The second kappa shape index (κ2) is 4.96. The smallest absolute Gasteiger partial charge is 0.335 e. The van der Waals surface area contributed by atoms with Gasteiger partial charge in [0.2, 0.25) is 0 Å². The fraction of sp³-hybridized carbons (Fsp3) is 0.188. The van der Waals surface area contributed by atoms with Crippen molar-refractivity contribution >= 4 is 11.7 Å². The van der Waals surface area contributed by atoms with Crippen LogP contribution in [0.3, 0.4) is 0 Å². The van der Waals surface area contributed by atoms with Gasteiger partial charge < -0.3 is 10.0 Å². The molecule has 1 aliphatic heterocycles. The molecule has 0 radical (unpaired) electrons. The minimum atomic E-state index is -1.04. The average Bonchev–Trinajstić information content (AvgIpc) is 2.47. The van der Waals surface area contributed by atoms with E-state index >= 15 is 0 Å². The van der Waals surface area contributed by atoms with E-state index in [0.29, 0.717) is 18.8 Å². The van der Waals surface area contributed by atoms with Gasteiger partial charge in [0.15, 0.2) is 0 Å². The summed E-state index contributed by atoms with van der Waals surface area (Å²) in [5.74, 6) is -1.42. The first-order valence-corrected chi connectivity index (χ1v) is 6.50. The van der Waals surface area contributed by atoms with Crippen LogP contribution in [0.1, 0.15) is 21.5 Å². The number of carboxylic acids is 1. The molecular formula is C16H14FNO2. The third-order valence-electron chi connectivity index (χ3n) is 3.66. The van der Waals surface area contributed by atoms with Gasteiger partial charge in [0, 0.05) is 13.1 Å². The number of halogens is 1. The molecule has 0 fully saturated rings. The maximum Gasteiger partial charge on any atom is 0.335 e. The Bertz CT molecular complexity index is 669. The average molecular weight is 271 g/mol. The number of hydrogen-bond acceptors (Lipinski definition) is 2. The van der Waals surface area contributed by atoms with Crippen molar-refractivity contribution in [3.8, 4) is 0 Å². The first-order valence-electron chi connectivity index (χ1n) is 6.50.